The van der Waals surface area contributed by atoms with Crippen LogP contribution >= 0.6 is 0 Å². The highest BCUT2D eigenvalue weighted by Crippen LogP contribution is 2.15. The molecule has 0 saturated carbocycles. The van der Waals surface area contributed by atoms with E-state index < -0.39 is 11.6 Å². The Morgan fingerprint density at radius 2 is 1.84 bits per heavy atom. The van der Waals surface area contributed by atoms with Crippen molar-refractivity contribution in [3.8, 4) is 5.75 Å². The molecule has 1 atom stereocenters. The van der Waals surface area contributed by atoms with Crippen LogP contribution in [0.3, 0.4) is 0 Å². The van der Waals surface area contributed by atoms with Crippen LogP contribution in [0.2, 0.25) is 0 Å². The Bertz CT molecular complexity index is 351. The lowest BCUT2D eigenvalue weighted by molar-refractivity contribution is 0.298. The number of hydrogen-bond donors (Lipinski definition) is 1. The van der Waals surface area contributed by atoms with E-state index in [0.717, 1.165) is 38.3 Å². The maximum atomic E-state index is 12.9. The van der Waals surface area contributed by atoms with Crippen LogP contribution in [0.15, 0.2) is 18.2 Å². The number of unbranched alkanes of at least 4 members (excludes halogenated alkanes) is 1. The Morgan fingerprint density at radius 1 is 1.16 bits per heavy atom. The minimum atomic E-state index is -0.604. The molecule has 108 valence electrons. The molecule has 0 aliphatic rings. The molecule has 19 heavy (non-hydrogen) atoms. The van der Waals surface area contributed by atoms with Gasteiger partial charge in [-0.1, -0.05) is 6.92 Å². The van der Waals surface area contributed by atoms with Crippen molar-refractivity contribution >= 4 is 0 Å². The predicted octanol–water partition coefficient (Wildman–Crippen LogP) is 3.90. The van der Waals surface area contributed by atoms with Crippen LogP contribution in [-0.2, 0) is 0 Å². The van der Waals surface area contributed by atoms with Gasteiger partial charge in [-0.3, -0.25) is 0 Å². The highest BCUT2D eigenvalue weighted by Gasteiger charge is 2.02. The van der Waals surface area contributed by atoms with E-state index in [1.54, 1.807) is 0 Å². The Balaban J connectivity index is 2.13. The molecule has 1 aromatic rings. The van der Waals surface area contributed by atoms with Gasteiger partial charge in [0.25, 0.3) is 0 Å². The lowest BCUT2D eigenvalue weighted by Gasteiger charge is -2.13. The molecule has 0 fully saturated rings. The topological polar surface area (TPSA) is 21.3 Å². The Morgan fingerprint density at radius 3 is 2.47 bits per heavy atom. The quantitative estimate of drug-likeness (QED) is 0.688. The van der Waals surface area contributed by atoms with Crippen LogP contribution in [0.1, 0.15) is 39.5 Å². The van der Waals surface area contributed by atoms with Gasteiger partial charge in [0.1, 0.15) is 17.4 Å². The zero-order chi connectivity index (χ0) is 14.1. The number of benzene rings is 1. The summed E-state index contributed by atoms with van der Waals surface area (Å²) in [4.78, 5) is 0. The van der Waals surface area contributed by atoms with Gasteiger partial charge in [0, 0.05) is 24.2 Å². The second-order valence-corrected chi connectivity index (χ2v) is 4.80. The number of rotatable bonds is 9. The molecule has 0 heterocycles. The molecular formula is C15H23F2NO. The van der Waals surface area contributed by atoms with Gasteiger partial charge in [-0.2, -0.15) is 0 Å². The van der Waals surface area contributed by atoms with E-state index in [1.165, 1.54) is 12.1 Å². The maximum absolute atomic E-state index is 12.9. The van der Waals surface area contributed by atoms with Gasteiger partial charge >= 0.3 is 0 Å². The van der Waals surface area contributed by atoms with Crippen LogP contribution in [0.4, 0.5) is 8.78 Å². The van der Waals surface area contributed by atoms with Gasteiger partial charge < -0.3 is 10.1 Å². The summed E-state index contributed by atoms with van der Waals surface area (Å²) in [6.45, 7) is 5.84. The predicted molar refractivity (Wildman–Crippen MR) is 73.5 cm³/mol. The molecular weight excluding hydrogens is 248 g/mol. The van der Waals surface area contributed by atoms with Crippen LogP contribution in [0.25, 0.3) is 0 Å². The third-order valence-corrected chi connectivity index (χ3v) is 2.88. The molecule has 0 amide bonds. The SMILES string of the molecule is CCCNC(C)CCCCOc1cc(F)cc(F)c1. The van der Waals surface area contributed by atoms with Crippen molar-refractivity contribution < 1.29 is 13.5 Å². The number of nitrogens with one attached hydrogen (secondary N) is 1. The zero-order valence-electron chi connectivity index (χ0n) is 11.7. The second-order valence-electron chi connectivity index (χ2n) is 4.80. The van der Waals surface area contributed by atoms with Crippen molar-refractivity contribution in [1.82, 2.24) is 5.32 Å². The Labute approximate surface area is 114 Å². The van der Waals surface area contributed by atoms with E-state index in [4.69, 9.17) is 4.74 Å². The first kappa shape index (κ1) is 15.9. The summed E-state index contributed by atoms with van der Waals surface area (Å²) >= 11 is 0. The highest BCUT2D eigenvalue weighted by atomic mass is 19.1. The van der Waals surface area contributed by atoms with Crippen molar-refractivity contribution in [2.24, 2.45) is 0 Å². The van der Waals surface area contributed by atoms with Gasteiger partial charge in [-0.15, -0.1) is 0 Å². The van der Waals surface area contributed by atoms with Gasteiger partial charge in [0.05, 0.1) is 6.61 Å². The summed E-state index contributed by atoms with van der Waals surface area (Å²) in [7, 11) is 0. The van der Waals surface area contributed by atoms with E-state index in [0.29, 0.717) is 12.6 Å². The molecule has 0 spiro atoms. The molecule has 1 rings (SSSR count). The number of halogens is 2. The largest absolute Gasteiger partial charge is 0.493 e. The number of ether oxygens (including phenoxy) is 1. The second kappa shape index (κ2) is 8.86. The molecule has 0 aromatic heterocycles. The average Bonchev–Trinajstić information content (AvgIpc) is 2.34. The summed E-state index contributed by atoms with van der Waals surface area (Å²) < 4.78 is 31.1. The van der Waals surface area contributed by atoms with Gasteiger partial charge in [-0.25, -0.2) is 8.78 Å². The summed E-state index contributed by atoms with van der Waals surface area (Å²) in [6, 6.07) is 3.75. The summed E-state index contributed by atoms with van der Waals surface area (Å²) in [5.74, 6) is -0.950. The van der Waals surface area contributed by atoms with E-state index in [2.05, 4.69) is 19.2 Å². The Kier molecular flexibility index (Phi) is 7.41. The van der Waals surface area contributed by atoms with E-state index in [9.17, 15) is 8.78 Å². The molecule has 2 nitrogen and oxygen atoms in total. The molecule has 0 radical (unpaired) electrons. The van der Waals surface area contributed by atoms with Crippen molar-refractivity contribution in [3.63, 3.8) is 0 Å². The molecule has 1 unspecified atom stereocenters. The van der Waals surface area contributed by atoms with Crippen molar-refractivity contribution in [1.29, 1.82) is 0 Å². The van der Waals surface area contributed by atoms with Crippen LogP contribution < -0.4 is 10.1 Å². The monoisotopic (exact) mass is 271 g/mol. The Hall–Kier alpha value is -1.16. The van der Waals surface area contributed by atoms with Crippen LogP contribution in [0, 0.1) is 11.6 Å². The first-order valence-electron chi connectivity index (χ1n) is 6.94. The van der Waals surface area contributed by atoms with Crippen molar-refractivity contribution in [2.45, 2.75) is 45.6 Å². The third kappa shape index (κ3) is 7.11. The molecule has 0 aliphatic heterocycles. The van der Waals surface area contributed by atoms with Crippen LogP contribution in [0.5, 0.6) is 5.75 Å². The van der Waals surface area contributed by atoms with E-state index in [1.807, 2.05) is 0 Å². The minimum Gasteiger partial charge on any atom is -0.493 e. The summed E-state index contributed by atoms with van der Waals surface area (Å²) in [5, 5.41) is 3.42. The standard InChI is InChI=1S/C15H23F2NO/c1-3-7-18-12(2)6-4-5-8-19-15-10-13(16)9-14(17)11-15/h9-12,18H,3-8H2,1-2H3. The van der Waals surface area contributed by atoms with E-state index >= 15 is 0 Å². The fraction of sp³-hybridized carbons (Fsp3) is 0.600. The fourth-order valence-electron chi connectivity index (χ4n) is 1.85. The van der Waals surface area contributed by atoms with Crippen LogP contribution in [-0.4, -0.2) is 19.2 Å². The van der Waals surface area contributed by atoms with E-state index in [-0.39, 0.29) is 5.75 Å². The lowest BCUT2D eigenvalue weighted by atomic mass is 10.1. The molecule has 0 bridgehead atoms. The smallest absolute Gasteiger partial charge is 0.129 e. The normalized spacial score (nSPS) is 12.4. The van der Waals surface area contributed by atoms with Gasteiger partial charge in [0.15, 0.2) is 0 Å². The lowest BCUT2D eigenvalue weighted by Crippen LogP contribution is -2.26. The molecule has 1 aromatic carbocycles. The molecule has 0 aliphatic carbocycles. The summed E-state index contributed by atoms with van der Waals surface area (Å²) in [5.41, 5.74) is 0. The maximum Gasteiger partial charge on any atom is 0.129 e. The first-order valence-corrected chi connectivity index (χ1v) is 6.94. The molecule has 1 N–H and O–H groups in total. The third-order valence-electron chi connectivity index (χ3n) is 2.88. The van der Waals surface area contributed by atoms with Crippen molar-refractivity contribution in [2.75, 3.05) is 13.2 Å². The molecule has 0 saturated heterocycles. The van der Waals surface area contributed by atoms with Gasteiger partial charge in [0.2, 0.25) is 0 Å². The van der Waals surface area contributed by atoms with Gasteiger partial charge in [-0.05, 0) is 39.2 Å². The zero-order valence-corrected chi connectivity index (χ0v) is 11.7. The summed E-state index contributed by atoms with van der Waals surface area (Å²) in [6.07, 6.45) is 4.14. The average molecular weight is 271 g/mol. The first-order chi connectivity index (χ1) is 9.11. The fourth-order valence-corrected chi connectivity index (χ4v) is 1.85. The number of hydrogen-bond acceptors (Lipinski definition) is 2. The minimum absolute atomic E-state index is 0.259. The molecule has 4 heteroatoms. The highest BCUT2D eigenvalue weighted by molar-refractivity contribution is 5.23. The van der Waals surface area contributed by atoms with Crippen molar-refractivity contribution in [3.05, 3.63) is 29.8 Å².